The molecule has 0 saturated carbocycles. The van der Waals surface area contributed by atoms with E-state index in [-0.39, 0.29) is 18.0 Å². The highest BCUT2D eigenvalue weighted by Crippen LogP contribution is 2.18. The van der Waals surface area contributed by atoms with Crippen molar-refractivity contribution in [1.82, 2.24) is 15.5 Å². The van der Waals surface area contributed by atoms with Crippen LogP contribution >= 0.6 is 0 Å². The molecule has 2 aromatic carbocycles. The molecule has 0 aromatic heterocycles. The first kappa shape index (κ1) is 21.5. The van der Waals surface area contributed by atoms with Crippen molar-refractivity contribution in [3.05, 3.63) is 59.7 Å². The molecule has 30 heavy (non-hydrogen) atoms. The van der Waals surface area contributed by atoms with Crippen molar-refractivity contribution in [1.29, 1.82) is 0 Å². The minimum Gasteiger partial charge on any atom is -0.497 e. The molecule has 1 fully saturated rings. The standard InChI is InChI=1S/C23H30N4O3/c1-26(2)20-6-4-5-18(15-20)22(28)27-13-11-19(12-14-27)25-23(29)24-16-17-7-9-21(30-3)10-8-17/h4-10,15,19H,11-14,16H2,1-3H3,(H2,24,25,29). The van der Waals surface area contributed by atoms with Crippen molar-refractivity contribution in [2.75, 3.05) is 39.2 Å². The van der Waals surface area contributed by atoms with Gasteiger partial charge in [0.2, 0.25) is 0 Å². The molecule has 0 atom stereocenters. The normalized spacial score (nSPS) is 14.2. The Hall–Kier alpha value is -3.22. The molecule has 2 aromatic rings. The predicted octanol–water partition coefficient (Wildman–Crippen LogP) is 2.87. The lowest BCUT2D eigenvalue weighted by Gasteiger charge is -2.32. The summed E-state index contributed by atoms with van der Waals surface area (Å²) in [6.07, 6.45) is 1.49. The Balaban J connectivity index is 1.44. The van der Waals surface area contributed by atoms with E-state index < -0.39 is 0 Å². The predicted molar refractivity (Wildman–Crippen MR) is 118 cm³/mol. The fraction of sp³-hybridized carbons (Fsp3) is 0.391. The van der Waals surface area contributed by atoms with Crippen molar-refractivity contribution < 1.29 is 14.3 Å². The summed E-state index contributed by atoms with van der Waals surface area (Å²) in [6, 6.07) is 15.1. The largest absolute Gasteiger partial charge is 0.497 e. The number of nitrogens with one attached hydrogen (secondary N) is 2. The zero-order valence-corrected chi connectivity index (χ0v) is 17.9. The van der Waals surface area contributed by atoms with Gasteiger partial charge in [0.05, 0.1) is 7.11 Å². The molecular formula is C23H30N4O3. The fourth-order valence-corrected chi connectivity index (χ4v) is 3.49. The third-order valence-corrected chi connectivity index (χ3v) is 5.34. The molecule has 0 aliphatic carbocycles. The smallest absolute Gasteiger partial charge is 0.315 e. The van der Waals surface area contributed by atoms with Gasteiger partial charge in [-0.3, -0.25) is 4.79 Å². The number of amides is 3. The first-order valence-corrected chi connectivity index (χ1v) is 10.2. The third-order valence-electron chi connectivity index (χ3n) is 5.34. The average Bonchev–Trinajstić information content (AvgIpc) is 2.78. The number of urea groups is 1. The molecule has 1 saturated heterocycles. The van der Waals surface area contributed by atoms with Gasteiger partial charge >= 0.3 is 6.03 Å². The number of piperidine rings is 1. The van der Waals surface area contributed by atoms with Gasteiger partial charge in [0.1, 0.15) is 5.75 Å². The van der Waals surface area contributed by atoms with E-state index in [1.807, 2.05) is 72.4 Å². The van der Waals surface area contributed by atoms with Crippen LogP contribution < -0.4 is 20.3 Å². The number of likely N-dealkylation sites (tertiary alicyclic amines) is 1. The maximum absolute atomic E-state index is 12.8. The number of benzene rings is 2. The zero-order valence-electron chi connectivity index (χ0n) is 17.9. The van der Waals surface area contributed by atoms with Crippen LogP contribution in [0.15, 0.2) is 48.5 Å². The highest BCUT2D eigenvalue weighted by molar-refractivity contribution is 5.95. The summed E-state index contributed by atoms with van der Waals surface area (Å²) < 4.78 is 5.14. The zero-order chi connectivity index (χ0) is 21.5. The molecule has 7 heteroatoms. The van der Waals surface area contributed by atoms with E-state index in [0.29, 0.717) is 25.2 Å². The van der Waals surface area contributed by atoms with Crippen LogP contribution in [-0.2, 0) is 6.54 Å². The first-order chi connectivity index (χ1) is 14.5. The highest BCUT2D eigenvalue weighted by atomic mass is 16.5. The molecule has 3 rings (SSSR count). The van der Waals surface area contributed by atoms with Gasteiger partial charge in [-0.2, -0.15) is 0 Å². The van der Waals surface area contributed by atoms with Crippen LogP contribution in [0.1, 0.15) is 28.8 Å². The van der Waals surface area contributed by atoms with E-state index in [1.165, 1.54) is 0 Å². The van der Waals surface area contributed by atoms with Gasteiger partial charge in [0.15, 0.2) is 0 Å². The lowest BCUT2D eigenvalue weighted by Crippen LogP contribution is -2.49. The van der Waals surface area contributed by atoms with E-state index in [0.717, 1.165) is 29.8 Å². The number of hydrogen-bond donors (Lipinski definition) is 2. The van der Waals surface area contributed by atoms with Crippen LogP contribution in [0.2, 0.25) is 0 Å². The maximum atomic E-state index is 12.8. The SMILES string of the molecule is COc1ccc(CNC(=O)NC2CCN(C(=O)c3cccc(N(C)C)c3)CC2)cc1. The van der Waals surface area contributed by atoms with Crippen LogP contribution in [0.4, 0.5) is 10.5 Å². The number of carbonyl (C=O) groups is 2. The number of hydrogen-bond acceptors (Lipinski definition) is 4. The number of nitrogens with zero attached hydrogens (tertiary/aromatic N) is 2. The van der Waals surface area contributed by atoms with Crippen LogP contribution in [-0.4, -0.2) is 57.2 Å². The van der Waals surface area contributed by atoms with Crippen molar-refractivity contribution in [3.8, 4) is 5.75 Å². The molecule has 3 amide bonds. The van der Waals surface area contributed by atoms with Gasteiger partial charge in [0, 0.05) is 51.0 Å². The molecule has 2 N–H and O–H groups in total. The Morgan fingerprint density at radius 2 is 1.80 bits per heavy atom. The number of carbonyl (C=O) groups excluding carboxylic acids is 2. The molecule has 0 radical (unpaired) electrons. The van der Waals surface area contributed by atoms with E-state index >= 15 is 0 Å². The quantitative estimate of drug-likeness (QED) is 0.768. The lowest BCUT2D eigenvalue weighted by atomic mass is 10.0. The maximum Gasteiger partial charge on any atom is 0.315 e. The molecule has 0 bridgehead atoms. The monoisotopic (exact) mass is 410 g/mol. The average molecular weight is 411 g/mol. The second-order valence-electron chi connectivity index (χ2n) is 7.69. The van der Waals surface area contributed by atoms with Gasteiger partial charge < -0.3 is 25.2 Å². The molecule has 7 nitrogen and oxygen atoms in total. The minimum absolute atomic E-state index is 0.0427. The molecule has 1 aliphatic rings. The second kappa shape index (κ2) is 10.0. The van der Waals surface area contributed by atoms with E-state index in [4.69, 9.17) is 4.74 Å². The summed E-state index contributed by atoms with van der Waals surface area (Å²) >= 11 is 0. The van der Waals surface area contributed by atoms with Gasteiger partial charge in [-0.1, -0.05) is 18.2 Å². The Kier molecular flexibility index (Phi) is 7.17. The van der Waals surface area contributed by atoms with Crippen LogP contribution in [0.3, 0.4) is 0 Å². The van der Waals surface area contributed by atoms with Crippen LogP contribution in [0.5, 0.6) is 5.75 Å². The minimum atomic E-state index is -0.186. The molecule has 1 aliphatic heterocycles. The Morgan fingerprint density at radius 3 is 2.43 bits per heavy atom. The molecule has 1 heterocycles. The summed E-state index contributed by atoms with van der Waals surface area (Å²) in [6.45, 7) is 1.72. The van der Waals surface area contributed by atoms with Crippen molar-refractivity contribution in [2.24, 2.45) is 0 Å². The van der Waals surface area contributed by atoms with Crippen LogP contribution in [0.25, 0.3) is 0 Å². The van der Waals surface area contributed by atoms with E-state index in [2.05, 4.69) is 10.6 Å². The Morgan fingerprint density at radius 1 is 1.10 bits per heavy atom. The number of ether oxygens (including phenoxy) is 1. The highest BCUT2D eigenvalue weighted by Gasteiger charge is 2.24. The Bertz CT molecular complexity index is 859. The molecule has 0 spiro atoms. The summed E-state index contributed by atoms with van der Waals surface area (Å²) in [7, 11) is 5.54. The Labute approximate surface area is 178 Å². The van der Waals surface area contributed by atoms with Crippen molar-refractivity contribution in [2.45, 2.75) is 25.4 Å². The summed E-state index contributed by atoms with van der Waals surface area (Å²) in [5.41, 5.74) is 2.71. The summed E-state index contributed by atoms with van der Waals surface area (Å²) in [4.78, 5) is 28.9. The van der Waals surface area contributed by atoms with E-state index in [1.54, 1.807) is 7.11 Å². The van der Waals surface area contributed by atoms with Gasteiger partial charge in [-0.15, -0.1) is 0 Å². The summed E-state index contributed by atoms with van der Waals surface area (Å²) in [5, 5.41) is 5.90. The van der Waals surface area contributed by atoms with Crippen molar-refractivity contribution in [3.63, 3.8) is 0 Å². The van der Waals surface area contributed by atoms with Gasteiger partial charge in [-0.05, 0) is 48.7 Å². The molecule has 0 unspecified atom stereocenters. The van der Waals surface area contributed by atoms with E-state index in [9.17, 15) is 9.59 Å². The van der Waals surface area contributed by atoms with Crippen LogP contribution in [0, 0.1) is 0 Å². The second-order valence-corrected chi connectivity index (χ2v) is 7.69. The molecule has 160 valence electrons. The fourth-order valence-electron chi connectivity index (χ4n) is 3.49. The van der Waals surface area contributed by atoms with Gasteiger partial charge in [-0.25, -0.2) is 4.79 Å². The molecular weight excluding hydrogens is 380 g/mol. The van der Waals surface area contributed by atoms with Crippen molar-refractivity contribution >= 4 is 17.6 Å². The van der Waals surface area contributed by atoms with Gasteiger partial charge in [0.25, 0.3) is 5.91 Å². The topological polar surface area (TPSA) is 73.9 Å². The number of methoxy groups -OCH3 is 1. The third kappa shape index (κ3) is 5.65. The number of rotatable bonds is 6. The number of anilines is 1. The first-order valence-electron chi connectivity index (χ1n) is 10.2. The lowest BCUT2D eigenvalue weighted by molar-refractivity contribution is 0.0708. The summed E-state index contributed by atoms with van der Waals surface area (Å²) in [5.74, 6) is 0.832.